The van der Waals surface area contributed by atoms with E-state index in [0.29, 0.717) is 22.7 Å². The van der Waals surface area contributed by atoms with Crippen LogP contribution in [0.3, 0.4) is 0 Å². The zero-order chi connectivity index (χ0) is 16.9. The van der Waals surface area contributed by atoms with Crippen molar-refractivity contribution in [1.29, 1.82) is 0 Å². The lowest BCUT2D eigenvalue weighted by atomic mass is 10.1. The van der Waals surface area contributed by atoms with Crippen LogP contribution < -0.4 is 14.8 Å². The Bertz CT molecular complexity index is 805. The third kappa shape index (κ3) is 3.08. The van der Waals surface area contributed by atoms with E-state index in [1.54, 1.807) is 29.1 Å². The zero-order valence-corrected chi connectivity index (χ0v) is 13.4. The largest absolute Gasteiger partial charge is 0.496 e. The van der Waals surface area contributed by atoms with Gasteiger partial charge in [-0.1, -0.05) is 6.07 Å². The summed E-state index contributed by atoms with van der Waals surface area (Å²) in [6, 6.07) is 14.4. The van der Waals surface area contributed by atoms with Crippen LogP contribution in [0.25, 0.3) is 5.69 Å². The van der Waals surface area contributed by atoms with Gasteiger partial charge in [-0.2, -0.15) is 5.10 Å². The number of hydrogen-bond donors (Lipinski definition) is 1. The van der Waals surface area contributed by atoms with E-state index >= 15 is 0 Å². The van der Waals surface area contributed by atoms with Crippen molar-refractivity contribution >= 4 is 11.6 Å². The van der Waals surface area contributed by atoms with Gasteiger partial charge in [-0.05, 0) is 42.5 Å². The van der Waals surface area contributed by atoms with Crippen LogP contribution in [0.4, 0.5) is 5.69 Å². The minimum atomic E-state index is -0.295. The molecule has 6 heteroatoms. The molecule has 0 radical (unpaired) electrons. The summed E-state index contributed by atoms with van der Waals surface area (Å²) in [6.45, 7) is 0. The van der Waals surface area contributed by atoms with Gasteiger partial charge in [0.25, 0.3) is 5.91 Å². The van der Waals surface area contributed by atoms with E-state index in [9.17, 15) is 4.79 Å². The first-order valence-corrected chi connectivity index (χ1v) is 7.35. The van der Waals surface area contributed by atoms with Crippen molar-refractivity contribution in [3.8, 4) is 17.2 Å². The standard InChI is InChI=1S/C18H17N3O3/c1-23-15-5-3-6-16(24-2)17(15)18(22)20-13-7-9-14(10-8-13)21-12-4-11-19-21/h3-12H,1-2H3,(H,20,22). The molecule has 1 heterocycles. The van der Waals surface area contributed by atoms with Crippen molar-refractivity contribution in [2.45, 2.75) is 0 Å². The summed E-state index contributed by atoms with van der Waals surface area (Å²) < 4.78 is 12.3. The van der Waals surface area contributed by atoms with E-state index in [4.69, 9.17) is 9.47 Å². The minimum absolute atomic E-state index is 0.295. The molecule has 0 aliphatic rings. The number of carbonyl (C=O) groups is 1. The summed E-state index contributed by atoms with van der Waals surface area (Å²) in [7, 11) is 3.04. The fourth-order valence-electron chi connectivity index (χ4n) is 2.39. The number of rotatable bonds is 5. The molecule has 0 unspecified atom stereocenters. The fourth-order valence-corrected chi connectivity index (χ4v) is 2.39. The minimum Gasteiger partial charge on any atom is -0.496 e. The molecule has 0 aliphatic carbocycles. The monoisotopic (exact) mass is 323 g/mol. The maximum Gasteiger partial charge on any atom is 0.263 e. The van der Waals surface area contributed by atoms with E-state index in [0.717, 1.165) is 5.69 Å². The number of amides is 1. The van der Waals surface area contributed by atoms with Crippen LogP contribution in [-0.2, 0) is 0 Å². The van der Waals surface area contributed by atoms with Crippen molar-refractivity contribution in [2.75, 3.05) is 19.5 Å². The fraction of sp³-hybridized carbons (Fsp3) is 0.111. The molecule has 0 aliphatic heterocycles. The Kier molecular flexibility index (Phi) is 4.47. The van der Waals surface area contributed by atoms with Crippen LogP contribution in [0.15, 0.2) is 60.9 Å². The van der Waals surface area contributed by atoms with Crippen molar-refractivity contribution in [2.24, 2.45) is 0 Å². The summed E-state index contributed by atoms with van der Waals surface area (Å²) in [5, 5.41) is 7.02. The van der Waals surface area contributed by atoms with E-state index in [-0.39, 0.29) is 5.91 Å². The number of aromatic nitrogens is 2. The summed E-state index contributed by atoms with van der Waals surface area (Å²) >= 11 is 0. The lowest BCUT2D eigenvalue weighted by molar-refractivity contribution is 0.102. The van der Waals surface area contributed by atoms with Gasteiger partial charge in [0.1, 0.15) is 17.1 Å². The van der Waals surface area contributed by atoms with Crippen LogP contribution in [0, 0.1) is 0 Å². The molecule has 1 amide bonds. The summed E-state index contributed by atoms with van der Waals surface area (Å²) in [5.41, 5.74) is 1.94. The van der Waals surface area contributed by atoms with Crippen LogP contribution in [-0.4, -0.2) is 29.9 Å². The molecule has 0 bridgehead atoms. The van der Waals surface area contributed by atoms with Crippen molar-refractivity contribution in [3.63, 3.8) is 0 Å². The van der Waals surface area contributed by atoms with E-state index in [2.05, 4.69) is 10.4 Å². The van der Waals surface area contributed by atoms with Crippen LogP contribution in [0.5, 0.6) is 11.5 Å². The highest BCUT2D eigenvalue weighted by Gasteiger charge is 2.18. The smallest absolute Gasteiger partial charge is 0.263 e. The second-order valence-corrected chi connectivity index (χ2v) is 4.99. The number of benzene rings is 2. The highest BCUT2D eigenvalue weighted by molar-refractivity contribution is 6.08. The normalized spacial score (nSPS) is 10.2. The van der Waals surface area contributed by atoms with Gasteiger partial charge in [0.2, 0.25) is 0 Å². The highest BCUT2D eigenvalue weighted by Crippen LogP contribution is 2.29. The number of nitrogens with zero attached hydrogens (tertiary/aromatic N) is 2. The molecular formula is C18H17N3O3. The van der Waals surface area contributed by atoms with Gasteiger partial charge in [0, 0.05) is 18.1 Å². The van der Waals surface area contributed by atoms with Crippen molar-refractivity contribution in [1.82, 2.24) is 9.78 Å². The Labute approximate surface area is 139 Å². The van der Waals surface area contributed by atoms with Crippen molar-refractivity contribution < 1.29 is 14.3 Å². The molecule has 3 rings (SSSR count). The SMILES string of the molecule is COc1cccc(OC)c1C(=O)Nc1ccc(-n2cccn2)cc1. The Hall–Kier alpha value is -3.28. The Morgan fingerprint density at radius 3 is 2.21 bits per heavy atom. The number of anilines is 1. The number of ether oxygens (including phenoxy) is 2. The van der Waals surface area contributed by atoms with Gasteiger partial charge in [-0.15, -0.1) is 0 Å². The number of carbonyl (C=O) groups excluding carboxylic acids is 1. The van der Waals surface area contributed by atoms with Crippen LogP contribution >= 0.6 is 0 Å². The maximum atomic E-state index is 12.6. The summed E-state index contributed by atoms with van der Waals surface area (Å²) in [5.74, 6) is 0.621. The number of hydrogen-bond acceptors (Lipinski definition) is 4. The number of methoxy groups -OCH3 is 2. The zero-order valence-electron chi connectivity index (χ0n) is 13.4. The second-order valence-electron chi connectivity index (χ2n) is 4.99. The van der Waals surface area contributed by atoms with Crippen LogP contribution in [0.2, 0.25) is 0 Å². The molecule has 1 N–H and O–H groups in total. The van der Waals surface area contributed by atoms with Gasteiger partial charge in [-0.25, -0.2) is 4.68 Å². The molecule has 122 valence electrons. The third-order valence-electron chi connectivity index (χ3n) is 3.55. The number of nitrogens with one attached hydrogen (secondary N) is 1. The first-order chi connectivity index (χ1) is 11.7. The lowest BCUT2D eigenvalue weighted by Crippen LogP contribution is -2.14. The molecule has 1 aromatic heterocycles. The molecule has 24 heavy (non-hydrogen) atoms. The average Bonchev–Trinajstić information content (AvgIpc) is 3.16. The molecule has 3 aromatic rings. The predicted molar refractivity (Wildman–Crippen MR) is 91.1 cm³/mol. The van der Waals surface area contributed by atoms with Gasteiger partial charge in [0.05, 0.1) is 19.9 Å². The van der Waals surface area contributed by atoms with E-state index in [1.165, 1.54) is 14.2 Å². The molecule has 0 saturated carbocycles. The summed E-state index contributed by atoms with van der Waals surface area (Å²) in [6.07, 6.45) is 3.57. The highest BCUT2D eigenvalue weighted by atomic mass is 16.5. The average molecular weight is 323 g/mol. The van der Waals surface area contributed by atoms with Gasteiger partial charge in [0.15, 0.2) is 0 Å². The third-order valence-corrected chi connectivity index (χ3v) is 3.55. The summed E-state index contributed by atoms with van der Waals surface area (Å²) in [4.78, 5) is 12.6. The topological polar surface area (TPSA) is 65.4 Å². The van der Waals surface area contributed by atoms with Gasteiger partial charge in [-0.3, -0.25) is 4.79 Å². The van der Waals surface area contributed by atoms with E-state index < -0.39 is 0 Å². The van der Waals surface area contributed by atoms with E-state index in [1.807, 2.05) is 36.5 Å². The molecule has 0 atom stereocenters. The maximum absolute atomic E-state index is 12.6. The van der Waals surface area contributed by atoms with Crippen molar-refractivity contribution in [3.05, 3.63) is 66.5 Å². The predicted octanol–water partition coefficient (Wildman–Crippen LogP) is 3.14. The molecule has 6 nitrogen and oxygen atoms in total. The van der Waals surface area contributed by atoms with Crippen LogP contribution in [0.1, 0.15) is 10.4 Å². The first-order valence-electron chi connectivity index (χ1n) is 7.35. The lowest BCUT2D eigenvalue weighted by Gasteiger charge is -2.13. The molecule has 0 saturated heterocycles. The molecule has 0 fully saturated rings. The molecule has 2 aromatic carbocycles. The molecular weight excluding hydrogens is 306 g/mol. The quantitative estimate of drug-likeness (QED) is 0.783. The second kappa shape index (κ2) is 6.87. The Morgan fingerprint density at radius 2 is 1.67 bits per heavy atom. The Morgan fingerprint density at radius 1 is 1.00 bits per heavy atom. The van der Waals surface area contributed by atoms with Gasteiger partial charge >= 0.3 is 0 Å². The first kappa shape index (κ1) is 15.6. The Balaban J connectivity index is 1.83. The van der Waals surface area contributed by atoms with Gasteiger partial charge < -0.3 is 14.8 Å². The molecule has 0 spiro atoms.